The van der Waals surface area contributed by atoms with E-state index < -0.39 is 28.1 Å². The predicted molar refractivity (Wildman–Crippen MR) is 153 cm³/mol. The van der Waals surface area contributed by atoms with E-state index in [-0.39, 0.29) is 30.3 Å². The number of aliphatic hydroxyl groups excluding tert-OH is 1. The Morgan fingerprint density at radius 1 is 1.00 bits per heavy atom. The van der Waals surface area contributed by atoms with Crippen molar-refractivity contribution in [1.29, 1.82) is 0 Å². The number of hydrogen-bond donors (Lipinski definition) is 4. The van der Waals surface area contributed by atoms with Gasteiger partial charge in [0.2, 0.25) is 10.0 Å². The number of aryl methyl sites for hydroxylation is 1. The molecule has 0 radical (unpaired) electrons. The Labute approximate surface area is 235 Å². The highest BCUT2D eigenvalue weighted by atomic mass is 32.2. The van der Waals surface area contributed by atoms with Crippen molar-refractivity contribution in [2.75, 3.05) is 25.7 Å². The molecule has 0 fully saturated rings. The molecule has 0 heterocycles. The fourth-order valence-corrected chi connectivity index (χ4v) is 5.96. The highest BCUT2D eigenvalue weighted by molar-refractivity contribution is 7.89. The number of amides is 1. The highest BCUT2D eigenvalue weighted by Gasteiger charge is 2.31. The second-order valence-corrected chi connectivity index (χ2v) is 11.9. The maximum Gasteiger partial charge on any atom is 0.251 e. The molecule has 2 atom stereocenters. The van der Waals surface area contributed by atoms with Crippen LogP contribution in [0.3, 0.4) is 0 Å². The van der Waals surface area contributed by atoms with Crippen LogP contribution in [-0.4, -0.2) is 61.3 Å². The van der Waals surface area contributed by atoms with E-state index in [4.69, 9.17) is 9.99 Å². The van der Waals surface area contributed by atoms with Gasteiger partial charge >= 0.3 is 0 Å². The average Bonchev–Trinajstić information content (AvgIpc) is 2.92. The molecular weight excluding hydrogens is 534 g/mol. The number of carbonyl (C=O) groups is 1. The van der Waals surface area contributed by atoms with Gasteiger partial charge in [-0.15, -0.1) is 4.99 Å². The SMILES string of the molecule is COc1ccc(S(=O)(=O)N(CC(C)C)C[C@@H](O)[C@H](Cc2ccccc2)NC(=O)c2ccc(NOO)cc2C)cc1. The van der Waals surface area contributed by atoms with Crippen LogP contribution in [-0.2, 0) is 21.4 Å². The lowest BCUT2D eigenvalue weighted by atomic mass is 9.99. The molecule has 4 N–H and O–H groups in total. The van der Waals surface area contributed by atoms with Gasteiger partial charge in [-0.2, -0.15) is 4.31 Å². The summed E-state index contributed by atoms with van der Waals surface area (Å²) in [5, 5.41) is 23.0. The monoisotopic (exact) mass is 571 g/mol. The van der Waals surface area contributed by atoms with Crippen molar-refractivity contribution in [3.05, 3.63) is 89.5 Å². The normalized spacial score (nSPS) is 13.2. The van der Waals surface area contributed by atoms with Crippen LogP contribution in [0.25, 0.3) is 0 Å². The maximum atomic E-state index is 13.6. The molecule has 0 aliphatic rings. The zero-order valence-electron chi connectivity index (χ0n) is 23.1. The summed E-state index contributed by atoms with van der Waals surface area (Å²) in [4.78, 5) is 17.3. The molecule has 0 unspecified atom stereocenters. The zero-order valence-corrected chi connectivity index (χ0v) is 23.9. The summed E-state index contributed by atoms with van der Waals surface area (Å²) in [6.45, 7) is 5.48. The van der Waals surface area contributed by atoms with Crippen molar-refractivity contribution in [2.45, 2.75) is 44.2 Å². The number of sulfonamides is 1. The number of ether oxygens (including phenoxy) is 1. The van der Waals surface area contributed by atoms with Gasteiger partial charge in [-0.1, -0.05) is 44.2 Å². The molecule has 1 amide bonds. The molecule has 0 saturated heterocycles. The molecule has 0 spiro atoms. The molecule has 0 aliphatic carbocycles. The minimum Gasteiger partial charge on any atom is -0.497 e. The topological polar surface area (TPSA) is 137 Å². The number of nitrogens with zero attached hydrogens (tertiary/aromatic N) is 1. The largest absolute Gasteiger partial charge is 0.497 e. The van der Waals surface area contributed by atoms with Crippen molar-refractivity contribution in [3.63, 3.8) is 0 Å². The van der Waals surface area contributed by atoms with Crippen LogP contribution in [0.4, 0.5) is 5.69 Å². The molecule has 3 aromatic carbocycles. The molecule has 10 nitrogen and oxygen atoms in total. The van der Waals surface area contributed by atoms with Crippen LogP contribution in [0.1, 0.15) is 35.3 Å². The van der Waals surface area contributed by atoms with Gasteiger partial charge < -0.3 is 15.2 Å². The smallest absolute Gasteiger partial charge is 0.251 e. The van der Waals surface area contributed by atoms with E-state index in [0.29, 0.717) is 22.6 Å². The van der Waals surface area contributed by atoms with Crippen molar-refractivity contribution in [2.24, 2.45) is 5.92 Å². The summed E-state index contributed by atoms with van der Waals surface area (Å²) in [6, 6.07) is 19.4. The van der Waals surface area contributed by atoms with E-state index in [9.17, 15) is 18.3 Å². The van der Waals surface area contributed by atoms with Gasteiger partial charge in [0.1, 0.15) is 5.75 Å². The van der Waals surface area contributed by atoms with Crippen molar-refractivity contribution in [3.8, 4) is 5.75 Å². The average molecular weight is 572 g/mol. The van der Waals surface area contributed by atoms with Crippen LogP contribution in [0.5, 0.6) is 5.75 Å². The summed E-state index contributed by atoms with van der Waals surface area (Å²) in [5.41, 5.74) is 4.58. The number of nitrogens with one attached hydrogen (secondary N) is 2. The fourth-order valence-electron chi connectivity index (χ4n) is 4.34. The van der Waals surface area contributed by atoms with Gasteiger partial charge in [-0.05, 0) is 72.9 Å². The third-order valence-corrected chi connectivity index (χ3v) is 8.22. The molecule has 0 bridgehead atoms. The van der Waals surface area contributed by atoms with Crippen molar-refractivity contribution in [1.82, 2.24) is 9.62 Å². The molecule has 0 aliphatic heterocycles. The first-order chi connectivity index (χ1) is 19.0. The number of aliphatic hydroxyl groups is 1. The van der Waals surface area contributed by atoms with Crippen molar-refractivity contribution < 1.29 is 33.3 Å². The van der Waals surface area contributed by atoms with Crippen molar-refractivity contribution >= 4 is 21.6 Å². The van der Waals surface area contributed by atoms with Crippen LogP contribution in [0.15, 0.2) is 77.7 Å². The number of benzene rings is 3. The van der Waals surface area contributed by atoms with Gasteiger partial charge in [0.15, 0.2) is 0 Å². The number of anilines is 1. The van der Waals surface area contributed by atoms with Gasteiger partial charge in [0.25, 0.3) is 5.91 Å². The van der Waals surface area contributed by atoms with E-state index in [1.54, 1.807) is 37.3 Å². The molecule has 0 saturated carbocycles. The van der Waals surface area contributed by atoms with Crippen LogP contribution in [0, 0.1) is 12.8 Å². The number of hydrogen-bond acceptors (Lipinski definition) is 8. The van der Waals surface area contributed by atoms with Gasteiger partial charge in [0, 0.05) is 18.7 Å². The number of carbonyl (C=O) groups excluding carboxylic acids is 1. The van der Waals surface area contributed by atoms with E-state index >= 15 is 0 Å². The third kappa shape index (κ3) is 8.26. The van der Waals surface area contributed by atoms with Gasteiger partial charge in [-0.25, -0.2) is 19.2 Å². The van der Waals surface area contributed by atoms with Crippen LogP contribution >= 0.6 is 0 Å². The van der Waals surface area contributed by atoms with Crippen LogP contribution < -0.4 is 15.5 Å². The van der Waals surface area contributed by atoms with E-state index in [1.807, 2.05) is 44.2 Å². The first-order valence-corrected chi connectivity index (χ1v) is 14.3. The molecule has 216 valence electrons. The summed E-state index contributed by atoms with van der Waals surface area (Å²) >= 11 is 0. The lowest BCUT2D eigenvalue weighted by molar-refractivity contribution is -0.215. The highest BCUT2D eigenvalue weighted by Crippen LogP contribution is 2.22. The molecule has 40 heavy (non-hydrogen) atoms. The molecule has 11 heteroatoms. The Bertz CT molecular complexity index is 1350. The maximum absolute atomic E-state index is 13.6. The third-order valence-electron chi connectivity index (χ3n) is 6.37. The standard InChI is InChI=1S/C29H37N3O7S/c1-20(2)18-32(40(36,37)25-13-11-24(38-4)12-14-25)19-28(33)27(17-22-8-6-5-7-9-22)30-29(34)26-15-10-23(31-39-35)16-21(26)3/h5-16,20,27-28,31,33,35H,17-19H2,1-4H3,(H,30,34)/t27-,28+/m0/s1. The van der Waals surface area contributed by atoms with E-state index in [1.165, 1.54) is 23.5 Å². The molecule has 3 aromatic rings. The minimum atomic E-state index is -3.95. The number of rotatable bonds is 14. The molecule has 3 rings (SSSR count). The molecule has 0 aromatic heterocycles. The quantitative estimate of drug-likeness (QED) is 0.169. The lowest BCUT2D eigenvalue weighted by Gasteiger charge is -2.31. The second-order valence-electron chi connectivity index (χ2n) is 9.95. The van der Waals surface area contributed by atoms with Crippen LogP contribution in [0.2, 0.25) is 0 Å². The van der Waals surface area contributed by atoms with Gasteiger partial charge in [-0.3, -0.25) is 4.79 Å². The lowest BCUT2D eigenvalue weighted by Crippen LogP contribution is -2.51. The summed E-state index contributed by atoms with van der Waals surface area (Å²) in [5.74, 6) is 0.0884. The Hall–Kier alpha value is -3.48. The van der Waals surface area contributed by atoms with E-state index in [2.05, 4.69) is 15.8 Å². The summed E-state index contributed by atoms with van der Waals surface area (Å²) in [6.07, 6.45) is -0.942. The Morgan fingerprint density at radius 3 is 2.25 bits per heavy atom. The molecular formula is C29H37N3O7S. The Morgan fingerprint density at radius 2 is 1.68 bits per heavy atom. The fraction of sp³-hybridized carbons (Fsp3) is 0.345. The minimum absolute atomic E-state index is 0.0138. The first-order valence-electron chi connectivity index (χ1n) is 12.9. The summed E-state index contributed by atoms with van der Waals surface area (Å²) in [7, 11) is -2.45. The predicted octanol–water partition coefficient (Wildman–Crippen LogP) is 3.87. The zero-order chi connectivity index (χ0) is 29.3. The first kappa shape index (κ1) is 31.1. The second kappa shape index (κ2) is 14.2. The Kier molecular flexibility index (Phi) is 11.1. The Balaban J connectivity index is 1.89. The number of methoxy groups -OCH3 is 1. The summed E-state index contributed by atoms with van der Waals surface area (Å²) < 4.78 is 33.6. The van der Waals surface area contributed by atoms with E-state index in [0.717, 1.165) is 5.56 Å². The van der Waals surface area contributed by atoms with Gasteiger partial charge in [0.05, 0.1) is 29.8 Å².